The summed E-state index contributed by atoms with van der Waals surface area (Å²) in [5.74, 6) is 0.784. The molecule has 0 spiro atoms. The summed E-state index contributed by atoms with van der Waals surface area (Å²) in [6.45, 7) is 0. The Bertz CT molecular complexity index is 1120. The molecule has 0 saturated carbocycles. The van der Waals surface area contributed by atoms with Crippen LogP contribution in [0.2, 0.25) is 0 Å². The number of nitro benzene ring substituents is 1. The van der Waals surface area contributed by atoms with Crippen LogP contribution < -0.4 is 15.4 Å². The van der Waals surface area contributed by atoms with Gasteiger partial charge in [-0.15, -0.1) is 0 Å². The van der Waals surface area contributed by atoms with Gasteiger partial charge in [-0.05, 0) is 36.4 Å². The van der Waals surface area contributed by atoms with Crippen molar-refractivity contribution in [2.45, 2.75) is 4.90 Å². The van der Waals surface area contributed by atoms with Crippen molar-refractivity contribution in [2.75, 3.05) is 17.3 Å². The molecule has 0 saturated heterocycles. The van der Waals surface area contributed by atoms with Crippen molar-refractivity contribution in [3.8, 4) is 0 Å². The predicted molar refractivity (Wildman–Crippen MR) is 104 cm³/mol. The highest BCUT2D eigenvalue weighted by Crippen LogP contribution is 2.25. The molecule has 2 aromatic carbocycles. The third kappa shape index (κ3) is 4.39. The average Bonchev–Trinajstić information content (AvgIpc) is 2.67. The molecule has 3 aromatic rings. The molecule has 0 fully saturated rings. The summed E-state index contributed by atoms with van der Waals surface area (Å²) in [6.07, 6.45) is 1.54. The Morgan fingerprint density at radius 2 is 1.86 bits per heavy atom. The van der Waals surface area contributed by atoms with E-state index in [1.807, 2.05) is 0 Å². The number of benzene rings is 2. The van der Waals surface area contributed by atoms with Gasteiger partial charge >= 0.3 is 0 Å². The molecule has 144 valence electrons. The summed E-state index contributed by atoms with van der Waals surface area (Å²) in [6, 6.07) is 13.7. The van der Waals surface area contributed by atoms with Gasteiger partial charge < -0.3 is 10.2 Å². The Morgan fingerprint density at radius 3 is 2.50 bits per heavy atom. The third-order valence-corrected chi connectivity index (χ3v) is 4.76. The second kappa shape index (κ2) is 7.58. The molecule has 0 radical (unpaired) electrons. The van der Waals surface area contributed by atoms with Crippen LogP contribution in [0.15, 0.2) is 65.7 Å². The van der Waals surface area contributed by atoms with Crippen molar-refractivity contribution >= 4 is 38.9 Å². The van der Waals surface area contributed by atoms with E-state index < -0.39 is 14.9 Å². The third-order valence-electron chi connectivity index (χ3n) is 3.85. The molecule has 11 heteroatoms. The van der Waals surface area contributed by atoms with Crippen LogP contribution in [0.5, 0.6) is 0 Å². The molecular formula is C17H16N6O4S. The minimum Gasteiger partial charge on any atom is -0.329 e. The van der Waals surface area contributed by atoms with Crippen LogP contribution in [0.4, 0.5) is 28.8 Å². The first-order valence-electron chi connectivity index (χ1n) is 7.95. The number of nitrogens with zero attached hydrogens (tertiary/aromatic N) is 4. The van der Waals surface area contributed by atoms with E-state index in [0.717, 1.165) is 0 Å². The van der Waals surface area contributed by atoms with Gasteiger partial charge in [-0.25, -0.2) is 18.5 Å². The van der Waals surface area contributed by atoms with E-state index in [2.05, 4.69) is 15.3 Å². The monoisotopic (exact) mass is 400 g/mol. The summed E-state index contributed by atoms with van der Waals surface area (Å²) in [4.78, 5) is 20.5. The molecule has 3 rings (SSSR count). The Kier molecular flexibility index (Phi) is 5.20. The zero-order chi connectivity index (χ0) is 20.3. The minimum absolute atomic E-state index is 0.00284. The summed E-state index contributed by atoms with van der Waals surface area (Å²) >= 11 is 0. The molecule has 0 atom stereocenters. The Balaban J connectivity index is 1.83. The zero-order valence-electron chi connectivity index (χ0n) is 14.7. The van der Waals surface area contributed by atoms with Gasteiger partial charge in [0.1, 0.15) is 5.82 Å². The van der Waals surface area contributed by atoms with Gasteiger partial charge in [0.05, 0.1) is 9.82 Å². The standard InChI is InChI=1S/C17H16N6O4S/c1-22(13-5-7-14(8-6-13)23(24)25)16-9-10-19-17(21-16)20-12-3-2-4-15(11-12)28(18,26)27/h2-11H,1H3,(H2,18,26,27)(H,19,20,21). The van der Waals surface area contributed by atoms with E-state index in [4.69, 9.17) is 5.14 Å². The van der Waals surface area contributed by atoms with Gasteiger partial charge in [-0.1, -0.05) is 6.07 Å². The largest absolute Gasteiger partial charge is 0.329 e. The van der Waals surface area contributed by atoms with Crippen LogP contribution in [0, 0.1) is 10.1 Å². The summed E-state index contributed by atoms with van der Waals surface area (Å²) < 4.78 is 22.9. The first-order valence-corrected chi connectivity index (χ1v) is 9.50. The number of primary sulfonamides is 1. The van der Waals surface area contributed by atoms with Crippen LogP contribution in [0.25, 0.3) is 0 Å². The molecule has 28 heavy (non-hydrogen) atoms. The number of nitro groups is 1. The number of anilines is 4. The van der Waals surface area contributed by atoms with Crippen LogP contribution in [-0.2, 0) is 10.0 Å². The SMILES string of the molecule is CN(c1ccc([N+](=O)[O-])cc1)c1ccnc(Nc2cccc(S(N)(=O)=O)c2)n1. The molecule has 0 bridgehead atoms. The van der Waals surface area contributed by atoms with E-state index in [1.165, 1.54) is 30.5 Å². The maximum atomic E-state index is 11.5. The van der Waals surface area contributed by atoms with Crippen molar-refractivity contribution < 1.29 is 13.3 Å². The summed E-state index contributed by atoms with van der Waals surface area (Å²) in [5, 5.41) is 18.8. The van der Waals surface area contributed by atoms with Gasteiger partial charge in [-0.2, -0.15) is 4.98 Å². The van der Waals surface area contributed by atoms with Crippen molar-refractivity contribution in [1.82, 2.24) is 9.97 Å². The lowest BCUT2D eigenvalue weighted by atomic mass is 10.2. The van der Waals surface area contributed by atoms with E-state index >= 15 is 0 Å². The summed E-state index contributed by atoms with van der Waals surface area (Å²) in [5.41, 5.74) is 1.16. The Hall–Kier alpha value is -3.57. The van der Waals surface area contributed by atoms with Gasteiger partial charge in [-0.3, -0.25) is 10.1 Å². The molecule has 0 aliphatic carbocycles. The Labute approximate surface area is 160 Å². The van der Waals surface area contributed by atoms with E-state index in [1.54, 1.807) is 42.3 Å². The smallest absolute Gasteiger partial charge is 0.269 e. The number of sulfonamides is 1. The van der Waals surface area contributed by atoms with E-state index in [0.29, 0.717) is 17.2 Å². The van der Waals surface area contributed by atoms with Gasteiger partial charge in [0.15, 0.2) is 0 Å². The van der Waals surface area contributed by atoms with Crippen LogP contribution >= 0.6 is 0 Å². The molecule has 0 aliphatic rings. The fourth-order valence-corrected chi connectivity index (χ4v) is 2.97. The molecule has 3 N–H and O–H groups in total. The molecule has 0 aliphatic heterocycles. The molecule has 10 nitrogen and oxygen atoms in total. The average molecular weight is 400 g/mol. The molecule has 1 heterocycles. The maximum Gasteiger partial charge on any atom is 0.269 e. The fraction of sp³-hybridized carbons (Fsp3) is 0.0588. The normalized spacial score (nSPS) is 11.1. The predicted octanol–water partition coefficient (Wildman–Crippen LogP) is 2.54. The molecular weight excluding hydrogens is 384 g/mol. The quantitative estimate of drug-likeness (QED) is 0.474. The number of hydrogen-bond acceptors (Lipinski definition) is 8. The van der Waals surface area contributed by atoms with Crippen molar-refractivity contribution in [1.29, 1.82) is 0 Å². The van der Waals surface area contributed by atoms with E-state index in [-0.39, 0.29) is 16.5 Å². The number of rotatable bonds is 6. The molecule has 0 unspecified atom stereocenters. The lowest BCUT2D eigenvalue weighted by Gasteiger charge is -2.18. The highest BCUT2D eigenvalue weighted by molar-refractivity contribution is 7.89. The lowest BCUT2D eigenvalue weighted by Crippen LogP contribution is -2.13. The lowest BCUT2D eigenvalue weighted by molar-refractivity contribution is -0.384. The van der Waals surface area contributed by atoms with Gasteiger partial charge in [0.2, 0.25) is 16.0 Å². The number of aromatic nitrogens is 2. The molecule has 1 aromatic heterocycles. The van der Waals surface area contributed by atoms with Crippen molar-refractivity contribution in [3.05, 3.63) is 70.9 Å². The highest BCUT2D eigenvalue weighted by Gasteiger charge is 2.11. The van der Waals surface area contributed by atoms with Crippen molar-refractivity contribution in [3.63, 3.8) is 0 Å². The van der Waals surface area contributed by atoms with E-state index in [9.17, 15) is 18.5 Å². The first-order chi connectivity index (χ1) is 13.2. The first kappa shape index (κ1) is 19.2. The molecule has 0 amide bonds. The fourth-order valence-electron chi connectivity index (χ4n) is 2.41. The second-order valence-electron chi connectivity index (χ2n) is 5.77. The van der Waals surface area contributed by atoms with Crippen molar-refractivity contribution in [2.24, 2.45) is 5.14 Å². The maximum absolute atomic E-state index is 11.5. The van der Waals surface area contributed by atoms with Gasteiger partial charge in [0.25, 0.3) is 5.69 Å². The number of nitrogens with one attached hydrogen (secondary N) is 1. The van der Waals surface area contributed by atoms with Gasteiger partial charge in [0, 0.05) is 36.8 Å². The van der Waals surface area contributed by atoms with Crippen LogP contribution in [-0.4, -0.2) is 30.4 Å². The number of hydrogen-bond donors (Lipinski definition) is 2. The second-order valence-corrected chi connectivity index (χ2v) is 7.33. The topological polar surface area (TPSA) is 144 Å². The number of non-ortho nitro benzene ring substituents is 1. The van der Waals surface area contributed by atoms with Crippen LogP contribution in [0.1, 0.15) is 0 Å². The highest BCUT2D eigenvalue weighted by atomic mass is 32.2. The Morgan fingerprint density at radius 1 is 1.14 bits per heavy atom. The van der Waals surface area contributed by atoms with Crippen LogP contribution in [0.3, 0.4) is 0 Å². The summed E-state index contributed by atoms with van der Waals surface area (Å²) in [7, 11) is -2.06. The minimum atomic E-state index is -3.82. The zero-order valence-corrected chi connectivity index (χ0v) is 15.5. The number of nitrogens with two attached hydrogens (primary N) is 1.